The van der Waals surface area contributed by atoms with Crippen LogP contribution in [0.4, 0.5) is 5.95 Å². The molecule has 1 saturated heterocycles. The lowest BCUT2D eigenvalue weighted by Gasteiger charge is -2.27. The highest BCUT2D eigenvalue weighted by molar-refractivity contribution is 7.91. The van der Waals surface area contributed by atoms with Gasteiger partial charge in [-0.1, -0.05) is 20.8 Å². The molecule has 2 heterocycles. The first-order valence-electron chi connectivity index (χ1n) is 7.65. The lowest BCUT2D eigenvalue weighted by Crippen LogP contribution is -2.37. The van der Waals surface area contributed by atoms with Crippen LogP contribution >= 0.6 is 0 Å². The van der Waals surface area contributed by atoms with E-state index in [0.717, 1.165) is 6.42 Å². The van der Waals surface area contributed by atoms with E-state index in [4.69, 9.17) is 4.74 Å². The summed E-state index contributed by atoms with van der Waals surface area (Å²) in [5.74, 6) is 0.706. The summed E-state index contributed by atoms with van der Waals surface area (Å²) < 4.78 is 31.8. The smallest absolute Gasteiger partial charge is 0.250 e. The number of hydrogen-bond donors (Lipinski definition) is 0. The predicted octanol–water partition coefficient (Wildman–Crippen LogP) is 1.25. The summed E-state index contributed by atoms with van der Waals surface area (Å²) in [5, 5.41) is 8.05. The first-order valence-corrected chi connectivity index (χ1v) is 9.31. The van der Waals surface area contributed by atoms with E-state index in [9.17, 15) is 8.42 Å². The van der Waals surface area contributed by atoms with Gasteiger partial charge in [0.25, 0.3) is 5.16 Å². The van der Waals surface area contributed by atoms with Crippen LogP contribution in [0.3, 0.4) is 0 Å². The van der Waals surface area contributed by atoms with Gasteiger partial charge in [-0.15, -0.1) is 10.2 Å². The van der Waals surface area contributed by atoms with Gasteiger partial charge in [-0.2, -0.15) is 0 Å². The van der Waals surface area contributed by atoms with Gasteiger partial charge in [0.1, 0.15) is 0 Å². The molecule has 1 fully saturated rings. The molecule has 0 radical (unpaired) electrons. The maximum Gasteiger partial charge on any atom is 0.250 e. The van der Waals surface area contributed by atoms with Crippen LogP contribution in [0.1, 0.15) is 33.6 Å². The van der Waals surface area contributed by atoms with Crippen molar-refractivity contribution in [3.8, 4) is 0 Å². The van der Waals surface area contributed by atoms with Crippen molar-refractivity contribution in [1.29, 1.82) is 0 Å². The number of sulfone groups is 1. The van der Waals surface area contributed by atoms with Crippen molar-refractivity contribution in [3.63, 3.8) is 0 Å². The molecule has 1 aromatic rings. The quantitative estimate of drug-likeness (QED) is 0.809. The van der Waals surface area contributed by atoms with E-state index in [0.29, 0.717) is 38.7 Å². The fraction of sp³-hybridized carbons (Fsp3) is 0.857. The molecule has 0 spiro atoms. The summed E-state index contributed by atoms with van der Waals surface area (Å²) in [6.07, 6.45) is 1.49. The van der Waals surface area contributed by atoms with E-state index in [1.54, 1.807) is 11.6 Å². The zero-order valence-corrected chi connectivity index (χ0v) is 14.7. The van der Waals surface area contributed by atoms with E-state index in [1.165, 1.54) is 0 Å². The highest BCUT2D eigenvalue weighted by Crippen LogP contribution is 2.23. The minimum atomic E-state index is -3.40. The summed E-state index contributed by atoms with van der Waals surface area (Å²) in [6.45, 7) is 8.99. The maximum absolute atomic E-state index is 12.5. The second-order valence-electron chi connectivity index (χ2n) is 6.92. The molecule has 0 bridgehead atoms. The van der Waals surface area contributed by atoms with Crippen LogP contribution < -0.4 is 4.90 Å². The van der Waals surface area contributed by atoms with Crippen LogP contribution in [0.2, 0.25) is 0 Å². The Bertz CT molecular complexity index is 598. The van der Waals surface area contributed by atoms with Crippen LogP contribution in [0.25, 0.3) is 0 Å². The van der Waals surface area contributed by atoms with Crippen LogP contribution in [-0.2, 0) is 21.6 Å². The van der Waals surface area contributed by atoms with E-state index >= 15 is 0 Å². The van der Waals surface area contributed by atoms with Crippen LogP contribution in [0, 0.1) is 5.41 Å². The lowest BCUT2D eigenvalue weighted by molar-refractivity contribution is 0.121. The predicted molar refractivity (Wildman–Crippen MR) is 84.8 cm³/mol. The van der Waals surface area contributed by atoms with Gasteiger partial charge in [-0.25, -0.2) is 8.42 Å². The van der Waals surface area contributed by atoms with E-state index < -0.39 is 9.84 Å². The Kier molecular flexibility index (Phi) is 5.11. The first kappa shape index (κ1) is 17.2. The third kappa shape index (κ3) is 4.19. The largest absolute Gasteiger partial charge is 0.378 e. The zero-order valence-electron chi connectivity index (χ0n) is 13.9. The van der Waals surface area contributed by atoms with Crippen molar-refractivity contribution in [2.45, 2.75) is 38.8 Å². The van der Waals surface area contributed by atoms with E-state index in [2.05, 4.69) is 31.0 Å². The molecule has 0 unspecified atom stereocenters. The summed E-state index contributed by atoms with van der Waals surface area (Å²) in [5.41, 5.74) is 0.133. The minimum absolute atomic E-state index is 0.0582. The Balaban J connectivity index is 2.09. The molecule has 2 rings (SSSR count). The third-order valence-electron chi connectivity index (χ3n) is 3.72. The standard InChI is InChI=1S/C14H26N4O3S/c1-14(2,3)6-5-11-22(19,20)13-16-15-12(17(13)4)18-7-9-21-10-8-18/h5-11H2,1-4H3. The van der Waals surface area contributed by atoms with Crippen LogP contribution in [0.15, 0.2) is 5.16 Å². The number of nitrogens with zero attached hydrogens (tertiary/aromatic N) is 4. The Morgan fingerprint density at radius 2 is 1.82 bits per heavy atom. The molecule has 0 amide bonds. The van der Waals surface area contributed by atoms with Crippen LogP contribution in [0.5, 0.6) is 0 Å². The second-order valence-corrected chi connectivity index (χ2v) is 8.93. The number of aromatic nitrogens is 3. The second kappa shape index (κ2) is 6.54. The fourth-order valence-corrected chi connectivity index (χ4v) is 3.87. The van der Waals surface area contributed by atoms with Crippen molar-refractivity contribution >= 4 is 15.8 Å². The monoisotopic (exact) mass is 330 g/mol. The van der Waals surface area contributed by atoms with Crippen LogP contribution in [-0.4, -0.2) is 55.2 Å². The van der Waals surface area contributed by atoms with Crippen molar-refractivity contribution < 1.29 is 13.2 Å². The number of rotatable bonds is 5. The molecule has 0 atom stereocenters. The molecule has 1 aliphatic heterocycles. The molecule has 0 N–H and O–H groups in total. The van der Waals surface area contributed by atoms with Gasteiger partial charge in [0, 0.05) is 20.1 Å². The fourth-order valence-electron chi connectivity index (χ4n) is 2.50. The van der Waals surface area contributed by atoms with Crippen molar-refractivity contribution in [1.82, 2.24) is 14.8 Å². The third-order valence-corrected chi connectivity index (χ3v) is 5.46. The Morgan fingerprint density at radius 1 is 1.18 bits per heavy atom. The number of morpholine rings is 1. The number of anilines is 1. The van der Waals surface area contributed by atoms with Gasteiger partial charge >= 0.3 is 0 Å². The lowest BCUT2D eigenvalue weighted by atomic mass is 9.91. The summed E-state index contributed by atoms with van der Waals surface area (Å²) in [6, 6.07) is 0. The Labute approximate surface area is 132 Å². The number of hydrogen-bond acceptors (Lipinski definition) is 6. The number of ether oxygens (including phenoxy) is 1. The SMILES string of the molecule is Cn1c(N2CCOCC2)nnc1S(=O)(=O)CCCC(C)(C)C. The van der Waals surface area contributed by atoms with Crippen molar-refractivity contribution in [2.24, 2.45) is 12.5 Å². The molecule has 22 heavy (non-hydrogen) atoms. The molecular weight excluding hydrogens is 304 g/mol. The minimum Gasteiger partial charge on any atom is -0.378 e. The van der Waals surface area contributed by atoms with E-state index in [-0.39, 0.29) is 16.3 Å². The van der Waals surface area contributed by atoms with Gasteiger partial charge in [-0.05, 0) is 18.3 Å². The van der Waals surface area contributed by atoms with Crippen molar-refractivity contribution in [3.05, 3.63) is 0 Å². The molecule has 8 heteroatoms. The van der Waals surface area contributed by atoms with E-state index in [1.807, 2.05) is 4.90 Å². The highest BCUT2D eigenvalue weighted by Gasteiger charge is 2.26. The maximum atomic E-state index is 12.5. The summed E-state index contributed by atoms with van der Waals surface area (Å²) >= 11 is 0. The molecule has 0 saturated carbocycles. The van der Waals surface area contributed by atoms with Gasteiger partial charge in [0.2, 0.25) is 15.8 Å². The molecule has 1 aliphatic rings. The molecular formula is C14H26N4O3S. The van der Waals surface area contributed by atoms with Gasteiger partial charge in [-0.3, -0.25) is 4.57 Å². The average Bonchev–Trinajstić information content (AvgIpc) is 2.80. The summed E-state index contributed by atoms with van der Waals surface area (Å²) in [7, 11) is -1.69. The van der Waals surface area contributed by atoms with Gasteiger partial charge < -0.3 is 9.64 Å². The summed E-state index contributed by atoms with van der Waals surface area (Å²) in [4.78, 5) is 2.00. The molecule has 0 aromatic carbocycles. The first-order chi connectivity index (χ1) is 10.2. The molecule has 0 aliphatic carbocycles. The highest BCUT2D eigenvalue weighted by atomic mass is 32.2. The van der Waals surface area contributed by atoms with Crippen molar-refractivity contribution in [2.75, 3.05) is 37.0 Å². The molecule has 7 nitrogen and oxygen atoms in total. The molecule has 1 aromatic heterocycles. The van der Waals surface area contributed by atoms with Gasteiger partial charge in [0.15, 0.2) is 0 Å². The topological polar surface area (TPSA) is 77.3 Å². The van der Waals surface area contributed by atoms with Gasteiger partial charge in [0.05, 0.1) is 19.0 Å². The normalized spacial score (nSPS) is 17.0. The Morgan fingerprint density at radius 3 is 2.41 bits per heavy atom. The Hall–Kier alpha value is -1.15. The zero-order chi connectivity index (χ0) is 16.4. The molecule has 126 valence electrons. The average molecular weight is 330 g/mol.